The van der Waals surface area contributed by atoms with Gasteiger partial charge in [0, 0.05) is 16.1 Å². The minimum atomic E-state index is -0.370. The van der Waals surface area contributed by atoms with Crippen molar-refractivity contribution < 1.29 is 9.18 Å². The number of amides is 1. The lowest BCUT2D eigenvalue weighted by atomic mass is 10.1. The van der Waals surface area contributed by atoms with Gasteiger partial charge in [-0.05, 0) is 60.3 Å². The number of nitrogens with one attached hydrogen (secondary N) is 2. The molecule has 0 bridgehead atoms. The van der Waals surface area contributed by atoms with Gasteiger partial charge in [0.25, 0.3) is 5.91 Å². The van der Waals surface area contributed by atoms with Crippen molar-refractivity contribution in [2.45, 2.75) is 0 Å². The van der Waals surface area contributed by atoms with Gasteiger partial charge in [0.1, 0.15) is 5.82 Å². The number of thioether (sulfide) groups is 1. The van der Waals surface area contributed by atoms with Crippen molar-refractivity contribution in [1.82, 2.24) is 10.2 Å². The molecule has 2 heterocycles. The van der Waals surface area contributed by atoms with E-state index in [0.29, 0.717) is 26.9 Å². The molecule has 1 aliphatic rings. The van der Waals surface area contributed by atoms with Gasteiger partial charge in [0.2, 0.25) is 0 Å². The van der Waals surface area contributed by atoms with Crippen molar-refractivity contribution in [3.05, 3.63) is 75.0 Å². The van der Waals surface area contributed by atoms with E-state index in [4.69, 9.17) is 28.6 Å². The highest BCUT2D eigenvalue weighted by molar-refractivity contribution is 8.19. The molecule has 1 saturated heterocycles. The number of aromatic amines is 1. The standard InChI is InChI=1S/C19H11Cl2FN4OS/c20-12-3-6-15(14(21)8-12)26-18(27)16(28-19(26)23)7-11-9-24-25-17(11)10-1-4-13(22)5-2-10/h1-9,23H,(H,24,25). The summed E-state index contributed by atoms with van der Waals surface area (Å²) >= 11 is 13.1. The predicted octanol–water partition coefficient (Wildman–Crippen LogP) is 5.58. The molecular weight excluding hydrogens is 422 g/mol. The largest absolute Gasteiger partial charge is 0.278 e. The molecule has 1 amide bonds. The Balaban J connectivity index is 1.69. The Hall–Kier alpha value is -2.61. The van der Waals surface area contributed by atoms with E-state index in [9.17, 15) is 9.18 Å². The Bertz CT molecular complexity index is 1130. The quantitative estimate of drug-likeness (QED) is 0.530. The van der Waals surface area contributed by atoms with Crippen molar-refractivity contribution in [2.75, 3.05) is 4.90 Å². The second-order valence-corrected chi connectivity index (χ2v) is 7.73. The number of amidine groups is 1. The number of carbonyl (C=O) groups is 1. The van der Waals surface area contributed by atoms with Crippen molar-refractivity contribution >= 4 is 57.8 Å². The highest BCUT2D eigenvalue weighted by atomic mass is 35.5. The predicted molar refractivity (Wildman–Crippen MR) is 111 cm³/mol. The van der Waals surface area contributed by atoms with Crippen molar-refractivity contribution in [1.29, 1.82) is 5.41 Å². The Morgan fingerprint density at radius 3 is 2.64 bits per heavy atom. The lowest BCUT2D eigenvalue weighted by molar-refractivity contribution is -0.113. The molecule has 1 aliphatic heterocycles. The summed E-state index contributed by atoms with van der Waals surface area (Å²) in [7, 11) is 0. The Morgan fingerprint density at radius 1 is 1.18 bits per heavy atom. The molecule has 0 atom stereocenters. The number of H-pyrrole nitrogens is 1. The van der Waals surface area contributed by atoms with Crippen LogP contribution in [0, 0.1) is 11.2 Å². The average molecular weight is 433 g/mol. The summed E-state index contributed by atoms with van der Waals surface area (Å²) in [4.78, 5) is 14.5. The minimum Gasteiger partial charge on any atom is -0.278 e. The van der Waals surface area contributed by atoms with Gasteiger partial charge < -0.3 is 0 Å². The number of rotatable bonds is 3. The molecule has 2 N–H and O–H groups in total. The van der Waals surface area contributed by atoms with E-state index in [0.717, 1.165) is 17.3 Å². The van der Waals surface area contributed by atoms with Gasteiger partial charge in [0.15, 0.2) is 5.17 Å². The second kappa shape index (κ2) is 7.43. The van der Waals surface area contributed by atoms with Crippen LogP contribution in [0.15, 0.2) is 53.6 Å². The zero-order valence-corrected chi connectivity index (χ0v) is 16.4. The number of carbonyl (C=O) groups excluding carboxylic acids is 1. The monoisotopic (exact) mass is 432 g/mol. The topological polar surface area (TPSA) is 72.8 Å². The van der Waals surface area contributed by atoms with Crippen LogP contribution in [0.25, 0.3) is 17.3 Å². The van der Waals surface area contributed by atoms with Gasteiger partial charge in [0.05, 0.1) is 27.5 Å². The lowest BCUT2D eigenvalue weighted by Crippen LogP contribution is -2.28. The average Bonchev–Trinajstić information content (AvgIpc) is 3.22. The molecular formula is C19H11Cl2FN4OS. The van der Waals surface area contributed by atoms with Crippen LogP contribution in [0.3, 0.4) is 0 Å². The smallest absolute Gasteiger partial charge is 0.271 e. The van der Waals surface area contributed by atoms with Gasteiger partial charge in [-0.15, -0.1) is 0 Å². The third-order valence-corrected chi connectivity index (χ3v) is 5.49. The number of hydrogen-bond donors (Lipinski definition) is 2. The number of hydrogen-bond acceptors (Lipinski definition) is 4. The van der Waals surface area contributed by atoms with Gasteiger partial charge >= 0.3 is 0 Å². The number of anilines is 1. The molecule has 28 heavy (non-hydrogen) atoms. The van der Waals surface area contributed by atoms with E-state index in [2.05, 4.69) is 10.2 Å². The third-order valence-electron chi connectivity index (χ3n) is 4.06. The maximum absolute atomic E-state index is 13.2. The molecule has 3 aromatic rings. The first kappa shape index (κ1) is 18.7. The van der Waals surface area contributed by atoms with Crippen LogP contribution in [0.5, 0.6) is 0 Å². The first-order valence-electron chi connectivity index (χ1n) is 8.01. The van der Waals surface area contributed by atoms with Crippen LogP contribution in [0.4, 0.5) is 10.1 Å². The highest BCUT2D eigenvalue weighted by Gasteiger charge is 2.35. The fourth-order valence-electron chi connectivity index (χ4n) is 2.76. The molecule has 0 aliphatic carbocycles. The summed E-state index contributed by atoms with van der Waals surface area (Å²) in [6.07, 6.45) is 3.22. The first-order valence-corrected chi connectivity index (χ1v) is 9.58. The van der Waals surface area contributed by atoms with E-state index in [1.165, 1.54) is 23.1 Å². The summed E-state index contributed by atoms with van der Waals surface area (Å²) < 4.78 is 13.2. The molecule has 0 radical (unpaired) electrons. The van der Waals surface area contributed by atoms with Gasteiger partial charge in [-0.2, -0.15) is 5.10 Å². The molecule has 2 aromatic carbocycles. The van der Waals surface area contributed by atoms with Gasteiger partial charge in [-0.25, -0.2) is 4.39 Å². The fourth-order valence-corrected chi connectivity index (χ4v) is 4.10. The zero-order valence-electron chi connectivity index (χ0n) is 14.0. The van der Waals surface area contributed by atoms with Crippen LogP contribution >= 0.6 is 35.0 Å². The molecule has 0 unspecified atom stereocenters. The summed E-state index contributed by atoms with van der Waals surface area (Å²) in [5, 5.41) is 15.8. The van der Waals surface area contributed by atoms with Crippen LogP contribution in [-0.2, 0) is 4.79 Å². The molecule has 140 valence electrons. The maximum Gasteiger partial charge on any atom is 0.271 e. The normalized spacial score (nSPS) is 15.7. The van der Waals surface area contributed by atoms with Crippen molar-refractivity contribution in [3.63, 3.8) is 0 Å². The van der Waals surface area contributed by atoms with Crippen LogP contribution in [0.2, 0.25) is 10.0 Å². The summed E-state index contributed by atoms with van der Waals surface area (Å²) in [6, 6.07) is 10.7. The minimum absolute atomic E-state index is 0.0345. The van der Waals surface area contributed by atoms with E-state index in [-0.39, 0.29) is 21.9 Å². The summed E-state index contributed by atoms with van der Waals surface area (Å²) in [5.74, 6) is -0.709. The number of aromatic nitrogens is 2. The molecule has 5 nitrogen and oxygen atoms in total. The fraction of sp³-hybridized carbons (Fsp3) is 0. The van der Waals surface area contributed by atoms with E-state index < -0.39 is 0 Å². The van der Waals surface area contributed by atoms with Crippen molar-refractivity contribution in [2.24, 2.45) is 0 Å². The van der Waals surface area contributed by atoms with E-state index >= 15 is 0 Å². The molecule has 4 rings (SSSR count). The molecule has 0 spiro atoms. The molecule has 1 aromatic heterocycles. The van der Waals surface area contributed by atoms with E-state index in [1.54, 1.807) is 36.5 Å². The summed E-state index contributed by atoms with van der Waals surface area (Å²) in [6.45, 7) is 0. The van der Waals surface area contributed by atoms with Crippen LogP contribution < -0.4 is 4.90 Å². The number of benzene rings is 2. The Labute approximate surface area is 173 Å². The number of nitrogens with zero attached hydrogens (tertiary/aromatic N) is 2. The third kappa shape index (κ3) is 3.44. The Morgan fingerprint density at radius 2 is 1.93 bits per heavy atom. The SMILES string of the molecule is N=C1SC(=Cc2cn[nH]c2-c2ccc(F)cc2)C(=O)N1c1ccc(Cl)cc1Cl. The van der Waals surface area contributed by atoms with Gasteiger partial charge in [-0.3, -0.25) is 20.2 Å². The van der Waals surface area contributed by atoms with Crippen molar-refractivity contribution in [3.8, 4) is 11.3 Å². The molecule has 0 saturated carbocycles. The second-order valence-electron chi connectivity index (χ2n) is 5.86. The Kier molecular flexibility index (Phi) is 4.97. The highest BCUT2D eigenvalue weighted by Crippen LogP contribution is 2.39. The summed E-state index contributed by atoms with van der Waals surface area (Å²) in [5.41, 5.74) is 2.42. The number of halogens is 3. The van der Waals surface area contributed by atoms with Gasteiger partial charge in [-0.1, -0.05) is 23.2 Å². The van der Waals surface area contributed by atoms with E-state index in [1.807, 2.05) is 0 Å². The lowest BCUT2D eigenvalue weighted by Gasteiger charge is -2.16. The zero-order chi connectivity index (χ0) is 19.8. The van der Waals surface area contributed by atoms with Crippen LogP contribution in [-0.4, -0.2) is 21.3 Å². The maximum atomic E-state index is 13.2. The first-order chi connectivity index (χ1) is 13.4. The van der Waals surface area contributed by atoms with Crippen LogP contribution in [0.1, 0.15) is 5.56 Å². The molecule has 9 heteroatoms. The molecule has 1 fully saturated rings.